The third kappa shape index (κ3) is 9.02. The average Bonchev–Trinajstić information content (AvgIpc) is 3.39. The van der Waals surface area contributed by atoms with Crippen molar-refractivity contribution in [2.24, 2.45) is 0 Å². The van der Waals surface area contributed by atoms with E-state index < -0.39 is 12.8 Å². The van der Waals surface area contributed by atoms with Crippen LogP contribution in [0.1, 0.15) is 53.2 Å². The highest BCUT2D eigenvalue weighted by atomic mass is 19.4. The van der Waals surface area contributed by atoms with E-state index in [9.17, 15) is 23.2 Å². The van der Waals surface area contributed by atoms with Crippen molar-refractivity contribution < 1.29 is 32.2 Å². The van der Waals surface area contributed by atoms with Gasteiger partial charge in [0.2, 0.25) is 0 Å². The summed E-state index contributed by atoms with van der Waals surface area (Å²) in [5, 5.41) is 13.3. The Morgan fingerprint density at radius 2 is 1.83 bits per heavy atom. The summed E-state index contributed by atoms with van der Waals surface area (Å²) in [6.07, 6.45) is 2.50. The first-order valence-corrected chi connectivity index (χ1v) is 14.2. The van der Waals surface area contributed by atoms with Gasteiger partial charge in [-0.15, -0.1) is 0 Å². The lowest BCUT2D eigenvalue weighted by Gasteiger charge is -2.21. The number of nitrogens with zero attached hydrogens (tertiary/aromatic N) is 2. The number of hydrogen-bond acceptors (Lipinski definition) is 7. The molecule has 10 heteroatoms. The Morgan fingerprint density at radius 3 is 2.55 bits per heavy atom. The Balaban J connectivity index is 1.22. The quantitative estimate of drug-likeness (QED) is 0.221. The van der Waals surface area contributed by atoms with Crippen molar-refractivity contribution in [2.75, 3.05) is 44.4 Å². The number of halogens is 3. The van der Waals surface area contributed by atoms with Crippen LogP contribution >= 0.6 is 0 Å². The van der Waals surface area contributed by atoms with Gasteiger partial charge in [-0.2, -0.15) is 18.4 Å². The minimum Gasteiger partial charge on any atom is -0.489 e. The second-order valence-electron chi connectivity index (χ2n) is 10.4. The van der Waals surface area contributed by atoms with Crippen LogP contribution in [0.2, 0.25) is 0 Å². The maximum absolute atomic E-state index is 12.5. The lowest BCUT2D eigenvalue weighted by Crippen LogP contribution is -2.31. The minimum atomic E-state index is -4.40. The number of esters is 1. The van der Waals surface area contributed by atoms with Crippen LogP contribution in [0.25, 0.3) is 0 Å². The van der Waals surface area contributed by atoms with Crippen LogP contribution < -0.4 is 10.2 Å². The van der Waals surface area contributed by atoms with Gasteiger partial charge in [0.25, 0.3) is 0 Å². The van der Waals surface area contributed by atoms with Crippen LogP contribution in [-0.4, -0.2) is 57.6 Å². The monoisotopic (exact) mass is 583 g/mol. The normalized spacial score (nSPS) is 15.3. The van der Waals surface area contributed by atoms with E-state index in [0.717, 1.165) is 29.8 Å². The zero-order chi connectivity index (χ0) is 30.0. The molecule has 0 fully saturated rings. The Kier molecular flexibility index (Phi) is 10.9. The number of benzene rings is 2. The molecule has 2 aliphatic rings. The number of alkyl halides is 3. The molecule has 0 spiro atoms. The summed E-state index contributed by atoms with van der Waals surface area (Å²) in [7, 11) is 0. The van der Waals surface area contributed by atoms with E-state index in [1.165, 1.54) is 0 Å². The molecule has 1 aliphatic carbocycles. The molecule has 0 saturated carbocycles. The fraction of sp³-hybridized carbons (Fsp3) is 0.438. The van der Waals surface area contributed by atoms with E-state index >= 15 is 0 Å². The van der Waals surface area contributed by atoms with Crippen LogP contribution in [0.3, 0.4) is 0 Å². The van der Waals surface area contributed by atoms with Gasteiger partial charge in [0.1, 0.15) is 12.7 Å². The van der Waals surface area contributed by atoms with Crippen molar-refractivity contribution >= 4 is 11.7 Å². The molecule has 0 amide bonds. The van der Waals surface area contributed by atoms with E-state index in [2.05, 4.69) is 22.4 Å². The van der Waals surface area contributed by atoms with Gasteiger partial charge in [-0.05, 0) is 80.5 Å². The molecule has 0 bridgehead atoms. The molecule has 0 aromatic heterocycles. The highest BCUT2D eigenvalue weighted by Crippen LogP contribution is 2.33. The topological polar surface area (TPSA) is 83.8 Å². The fourth-order valence-electron chi connectivity index (χ4n) is 5.14. The Morgan fingerprint density at radius 1 is 1.10 bits per heavy atom. The number of rotatable bonds is 14. The summed E-state index contributed by atoms with van der Waals surface area (Å²) < 4.78 is 53.6. The molecular weight excluding hydrogens is 547 g/mol. The number of anilines is 1. The van der Waals surface area contributed by atoms with E-state index in [1.807, 2.05) is 19.1 Å². The largest absolute Gasteiger partial charge is 0.489 e. The summed E-state index contributed by atoms with van der Waals surface area (Å²) in [4.78, 5) is 14.3. The SMILES string of the molecule is C[C@H](Cc1cc(C#N)c2c(c1)CCN2CCCOC(=O)c1ccccc1)NCCOC1=CCCC=C1OCC(F)(F)F. The molecule has 1 atom stereocenters. The molecule has 2 aromatic rings. The molecule has 0 unspecified atom stereocenters. The van der Waals surface area contributed by atoms with Crippen LogP contribution in [0.4, 0.5) is 18.9 Å². The number of carbonyl (C=O) groups is 1. The zero-order valence-corrected chi connectivity index (χ0v) is 23.7. The highest BCUT2D eigenvalue weighted by molar-refractivity contribution is 5.89. The Hall–Kier alpha value is -3.97. The van der Waals surface area contributed by atoms with Crippen LogP contribution in [0, 0.1) is 11.3 Å². The number of nitrogens with one attached hydrogen (secondary N) is 1. The molecule has 1 N–H and O–H groups in total. The van der Waals surface area contributed by atoms with Gasteiger partial charge < -0.3 is 24.4 Å². The number of nitriles is 1. The smallest absolute Gasteiger partial charge is 0.422 e. The van der Waals surface area contributed by atoms with E-state index in [-0.39, 0.29) is 24.4 Å². The molecule has 0 saturated heterocycles. The average molecular weight is 584 g/mol. The first-order valence-electron chi connectivity index (χ1n) is 14.2. The van der Waals surface area contributed by atoms with Crippen LogP contribution in [0.5, 0.6) is 0 Å². The lowest BCUT2D eigenvalue weighted by atomic mass is 9.99. The van der Waals surface area contributed by atoms with E-state index in [1.54, 1.807) is 36.4 Å². The predicted molar refractivity (Wildman–Crippen MR) is 153 cm³/mol. The second kappa shape index (κ2) is 14.8. The number of carbonyl (C=O) groups excluding carboxylic acids is 1. The van der Waals surface area contributed by atoms with Crippen molar-refractivity contribution in [3.63, 3.8) is 0 Å². The molecule has 4 rings (SSSR count). The van der Waals surface area contributed by atoms with Gasteiger partial charge in [0.15, 0.2) is 18.1 Å². The third-order valence-corrected chi connectivity index (χ3v) is 7.01. The summed E-state index contributed by atoms with van der Waals surface area (Å²) in [5.41, 5.74) is 4.33. The van der Waals surface area contributed by atoms with Gasteiger partial charge in [-0.1, -0.05) is 24.3 Å². The molecular formula is C32H36F3N3O4. The van der Waals surface area contributed by atoms with Gasteiger partial charge in [-0.25, -0.2) is 4.79 Å². The van der Waals surface area contributed by atoms with Crippen molar-refractivity contribution in [2.45, 2.75) is 51.2 Å². The number of fused-ring (bicyclic) bond motifs is 1. The molecule has 224 valence electrons. The maximum atomic E-state index is 12.5. The molecule has 1 aliphatic heterocycles. The van der Waals surface area contributed by atoms with Crippen LogP contribution in [0.15, 0.2) is 66.1 Å². The second-order valence-corrected chi connectivity index (χ2v) is 10.4. The van der Waals surface area contributed by atoms with E-state index in [0.29, 0.717) is 62.3 Å². The molecule has 42 heavy (non-hydrogen) atoms. The molecule has 0 radical (unpaired) electrons. The van der Waals surface area contributed by atoms with Gasteiger partial charge >= 0.3 is 12.1 Å². The number of ether oxygens (including phenoxy) is 3. The molecule has 7 nitrogen and oxygen atoms in total. The standard InChI is InChI=1S/C32H36F3N3O4/c1-23(37-13-17-40-28-10-5-6-11-29(28)42-22-32(33,34)35)18-24-19-26-12-15-38(30(26)27(20-24)21-36)14-7-16-41-31(39)25-8-3-2-4-9-25/h2-4,8-11,19-20,23,37H,5-7,12-18,22H2,1H3/t23-/m1/s1. The van der Waals surface area contributed by atoms with Gasteiger partial charge in [-0.3, -0.25) is 0 Å². The number of hydrogen-bond donors (Lipinski definition) is 1. The number of allylic oxidation sites excluding steroid dienone is 2. The summed E-state index contributed by atoms with van der Waals surface area (Å²) in [6, 6.07) is 15.4. The predicted octanol–water partition coefficient (Wildman–Crippen LogP) is 5.85. The zero-order valence-electron chi connectivity index (χ0n) is 23.7. The van der Waals surface area contributed by atoms with E-state index in [4.69, 9.17) is 14.2 Å². The Labute approximate surface area is 244 Å². The third-order valence-electron chi connectivity index (χ3n) is 7.01. The van der Waals surface area contributed by atoms with Gasteiger partial charge in [0, 0.05) is 25.7 Å². The maximum Gasteiger partial charge on any atom is 0.422 e. The molecule has 2 aromatic carbocycles. The van der Waals surface area contributed by atoms with Crippen molar-refractivity contribution in [3.05, 3.63) is 88.4 Å². The summed E-state index contributed by atoms with van der Waals surface area (Å²) in [6.45, 7) is 3.29. The lowest BCUT2D eigenvalue weighted by molar-refractivity contribution is -0.165. The first-order chi connectivity index (χ1) is 20.2. The summed E-state index contributed by atoms with van der Waals surface area (Å²) in [5.74, 6) is 0.142. The van der Waals surface area contributed by atoms with Crippen molar-refractivity contribution in [1.29, 1.82) is 5.26 Å². The Bertz CT molecular complexity index is 1320. The van der Waals surface area contributed by atoms with Crippen molar-refractivity contribution in [1.82, 2.24) is 5.32 Å². The molecule has 1 heterocycles. The van der Waals surface area contributed by atoms with Crippen molar-refractivity contribution in [3.8, 4) is 6.07 Å². The van der Waals surface area contributed by atoms with Gasteiger partial charge in [0.05, 0.1) is 23.4 Å². The highest BCUT2D eigenvalue weighted by Gasteiger charge is 2.30. The fourth-order valence-corrected chi connectivity index (χ4v) is 5.14. The minimum absolute atomic E-state index is 0.0897. The van der Waals surface area contributed by atoms with Crippen LogP contribution in [-0.2, 0) is 27.1 Å². The first kappa shape index (κ1) is 31.0. The summed E-state index contributed by atoms with van der Waals surface area (Å²) >= 11 is 0.